The zero-order valence-electron chi connectivity index (χ0n) is 15.4. The van der Waals surface area contributed by atoms with Crippen LogP contribution >= 0.6 is 0 Å². The molecule has 2 aromatic carbocycles. The maximum atomic E-state index is 12.6. The number of rotatable bonds is 8. The minimum atomic E-state index is -3.27. The highest BCUT2D eigenvalue weighted by Gasteiger charge is 2.23. The van der Waals surface area contributed by atoms with Crippen LogP contribution < -0.4 is 10.6 Å². The Balaban J connectivity index is 2.12. The smallest absolute Gasteiger partial charge is 0.251 e. The Kier molecular flexibility index (Phi) is 7.12. The van der Waals surface area contributed by atoms with Gasteiger partial charge < -0.3 is 10.6 Å². The third kappa shape index (κ3) is 6.86. The fourth-order valence-corrected chi connectivity index (χ4v) is 3.15. The average Bonchev–Trinajstić information content (AvgIpc) is 2.65. The molecule has 0 aliphatic rings. The van der Waals surface area contributed by atoms with Crippen molar-refractivity contribution in [2.24, 2.45) is 0 Å². The Bertz CT molecular complexity index is 878. The highest BCUT2D eigenvalue weighted by Crippen LogP contribution is 2.11. The van der Waals surface area contributed by atoms with Crippen molar-refractivity contribution in [1.29, 1.82) is 0 Å². The molecular formula is C20H24N2O4S. The van der Waals surface area contributed by atoms with Crippen LogP contribution in [0.15, 0.2) is 54.6 Å². The fourth-order valence-electron chi connectivity index (χ4n) is 2.48. The van der Waals surface area contributed by atoms with E-state index in [0.717, 1.165) is 18.2 Å². The molecule has 2 rings (SSSR count). The summed E-state index contributed by atoms with van der Waals surface area (Å²) >= 11 is 0. The van der Waals surface area contributed by atoms with Crippen molar-refractivity contribution in [2.45, 2.75) is 25.8 Å². The van der Waals surface area contributed by atoms with Crippen molar-refractivity contribution >= 4 is 27.3 Å². The van der Waals surface area contributed by atoms with Gasteiger partial charge in [-0.15, -0.1) is 0 Å². The molecule has 0 aromatic heterocycles. The van der Waals surface area contributed by atoms with E-state index in [-0.39, 0.29) is 12.2 Å². The molecule has 144 valence electrons. The molecule has 1 atom stereocenters. The molecule has 0 saturated heterocycles. The standard InChI is InChI=1S/C20H24N2O4S/c1-3-15-9-11-17(12-10-15)21-20(24)18(13-14-27(2,25)26)22-19(23)16-7-5-4-6-8-16/h4-12,18H,3,13-14H2,1-2H3,(H,21,24)(H,22,23)/t18-/m1/s1. The van der Waals surface area contributed by atoms with E-state index in [0.29, 0.717) is 11.3 Å². The molecule has 0 saturated carbocycles. The molecule has 2 N–H and O–H groups in total. The van der Waals surface area contributed by atoms with Crippen molar-refractivity contribution in [2.75, 3.05) is 17.3 Å². The SMILES string of the molecule is CCc1ccc(NC(=O)[C@@H](CCS(C)(=O)=O)NC(=O)c2ccccc2)cc1. The molecule has 2 amide bonds. The number of hydrogen-bond acceptors (Lipinski definition) is 4. The molecule has 0 unspecified atom stereocenters. The monoisotopic (exact) mass is 388 g/mol. The zero-order chi connectivity index (χ0) is 19.9. The van der Waals surface area contributed by atoms with Gasteiger partial charge in [0.25, 0.3) is 5.91 Å². The van der Waals surface area contributed by atoms with E-state index in [1.165, 1.54) is 0 Å². The van der Waals surface area contributed by atoms with Crippen LogP contribution in [0.25, 0.3) is 0 Å². The molecule has 2 aromatic rings. The summed E-state index contributed by atoms with van der Waals surface area (Å²) in [5, 5.41) is 5.37. The number of benzene rings is 2. The second kappa shape index (κ2) is 9.32. The van der Waals surface area contributed by atoms with Crippen molar-refractivity contribution in [3.05, 3.63) is 65.7 Å². The lowest BCUT2D eigenvalue weighted by Crippen LogP contribution is -2.44. The Morgan fingerprint density at radius 3 is 2.19 bits per heavy atom. The Hall–Kier alpha value is -2.67. The second-order valence-electron chi connectivity index (χ2n) is 6.35. The number of hydrogen-bond donors (Lipinski definition) is 2. The summed E-state index contributed by atoms with van der Waals surface area (Å²) in [5.41, 5.74) is 2.14. The molecule has 27 heavy (non-hydrogen) atoms. The summed E-state index contributed by atoms with van der Waals surface area (Å²) < 4.78 is 23.0. The van der Waals surface area contributed by atoms with Gasteiger partial charge in [0, 0.05) is 17.5 Å². The number of nitrogens with one attached hydrogen (secondary N) is 2. The highest BCUT2D eigenvalue weighted by atomic mass is 32.2. The van der Waals surface area contributed by atoms with Crippen molar-refractivity contribution in [3.8, 4) is 0 Å². The van der Waals surface area contributed by atoms with Gasteiger partial charge in [-0.1, -0.05) is 37.3 Å². The highest BCUT2D eigenvalue weighted by molar-refractivity contribution is 7.90. The number of sulfone groups is 1. The van der Waals surface area contributed by atoms with Gasteiger partial charge in [0.05, 0.1) is 5.75 Å². The Morgan fingerprint density at radius 2 is 1.63 bits per heavy atom. The molecule has 6 nitrogen and oxygen atoms in total. The van der Waals surface area contributed by atoms with Crippen LogP contribution in [0, 0.1) is 0 Å². The third-order valence-corrected chi connectivity index (χ3v) is 5.04. The topological polar surface area (TPSA) is 92.3 Å². The molecule has 0 heterocycles. The lowest BCUT2D eigenvalue weighted by Gasteiger charge is -2.18. The molecule has 0 aliphatic carbocycles. The third-order valence-electron chi connectivity index (χ3n) is 4.06. The molecule has 0 aliphatic heterocycles. The van der Waals surface area contributed by atoms with E-state index in [1.807, 2.05) is 19.1 Å². The first-order chi connectivity index (χ1) is 12.8. The second-order valence-corrected chi connectivity index (χ2v) is 8.61. The summed E-state index contributed by atoms with van der Waals surface area (Å²) in [7, 11) is -3.27. The molecule has 0 spiro atoms. The van der Waals surface area contributed by atoms with Gasteiger partial charge in [0.1, 0.15) is 15.9 Å². The average molecular weight is 388 g/mol. The Labute approximate surface area is 159 Å². The van der Waals surface area contributed by atoms with E-state index in [4.69, 9.17) is 0 Å². The van der Waals surface area contributed by atoms with Gasteiger partial charge in [-0.2, -0.15) is 0 Å². The minimum Gasteiger partial charge on any atom is -0.340 e. The number of aryl methyl sites for hydroxylation is 1. The van der Waals surface area contributed by atoms with E-state index in [9.17, 15) is 18.0 Å². The molecule has 0 fully saturated rings. The van der Waals surface area contributed by atoms with Gasteiger partial charge in [-0.25, -0.2) is 8.42 Å². The lowest BCUT2D eigenvalue weighted by molar-refractivity contribution is -0.118. The minimum absolute atomic E-state index is 0.00369. The van der Waals surface area contributed by atoms with E-state index in [1.54, 1.807) is 42.5 Å². The van der Waals surface area contributed by atoms with Crippen LogP contribution in [-0.4, -0.2) is 38.3 Å². The lowest BCUT2D eigenvalue weighted by atomic mass is 10.1. The molecular weight excluding hydrogens is 364 g/mol. The largest absolute Gasteiger partial charge is 0.340 e. The number of amides is 2. The Morgan fingerprint density at radius 1 is 1.00 bits per heavy atom. The number of anilines is 1. The number of carbonyl (C=O) groups is 2. The predicted octanol–water partition coefficient (Wildman–Crippen LogP) is 2.42. The molecule has 0 radical (unpaired) electrons. The maximum Gasteiger partial charge on any atom is 0.251 e. The zero-order valence-corrected chi connectivity index (χ0v) is 16.3. The van der Waals surface area contributed by atoms with Crippen molar-refractivity contribution in [1.82, 2.24) is 5.32 Å². The van der Waals surface area contributed by atoms with Gasteiger partial charge in [-0.05, 0) is 42.7 Å². The van der Waals surface area contributed by atoms with Crippen LogP contribution in [0.1, 0.15) is 29.3 Å². The summed E-state index contributed by atoms with van der Waals surface area (Å²) in [6.07, 6.45) is 1.99. The van der Waals surface area contributed by atoms with Crippen molar-refractivity contribution in [3.63, 3.8) is 0 Å². The van der Waals surface area contributed by atoms with Gasteiger partial charge in [0.2, 0.25) is 5.91 Å². The number of carbonyl (C=O) groups excluding carboxylic acids is 2. The summed E-state index contributed by atoms with van der Waals surface area (Å²) in [6.45, 7) is 2.04. The van der Waals surface area contributed by atoms with E-state index >= 15 is 0 Å². The molecule has 7 heteroatoms. The van der Waals surface area contributed by atoms with Crippen LogP contribution in [0.2, 0.25) is 0 Å². The normalized spacial score (nSPS) is 12.2. The van der Waals surface area contributed by atoms with Crippen LogP contribution in [0.5, 0.6) is 0 Å². The summed E-state index contributed by atoms with van der Waals surface area (Å²) in [6, 6.07) is 14.9. The fraction of sp³-hybridized carbons (Fsp3) is 0.300. The summed E-state index contributed by atoms with van der Waals surface area (Å²) in [4.78, 5) is 25.0. The van der Waals surface area contributed by atoms with Gasteiger partial charge >= 0.3 is 0 Å². The van der Waals surface area contributed by atoms with Crippen LogP contribution in [-0.2, 0) is 21.1 Å². The first-order valence-electron chi connectivity index (χ1n) is 8.72. The first-order valence-corrected chi connectivity index (χ1v) is 10.8. The van der Waals surface area contributed by atoms with Gasteiger partial charge in [-0.3, -0.25) is 9.59 Å². The van der Waals surface area contributed by atoms with Crippen molar-refractivity contribution < 1.29 is 18.0 Å². The first kappa shape index (κ1) is 20.6. The quantitative estimate of drug-likeness (QED) is 0.726. The van der Waals surface area contributed by atoms with E-state index < -0.39 is 27.7 Å². The van der Waals surface area contributed by atoms with E-state index in [2.05, 4.69) is 10.6 Å². The predicted molar refractivity (Wildman–Crippen MR) is 106 cm³/mol. The van der Waals surface area contributed by atoms with Crippen LogP contribution in [0.4, 0.5) is 5.69 Å². The molecule has 0 bridgehead atoms. The van der Waals surface area contributed by atoms with Crippen LogP contribution in [0.3, 0.4) is 0 Å². The summed E-state index contributed by atoms with van der Waals surface area (Å²) in [5.74, 6) is -1.08. The van der Waals surface area contributed by atoms with Gasteiger partial charge in [0.15, 0.2) is 0 Å². The maximum absolute atomic E-state index is 12.6.